The fraction of sp³-hybridized carbons (Fsp3) is 0.750. The second-order valence-corrected chi connectivity index (χ2v) is 6.43. The van der Waals surface area contributed by atoms with Crippen molar-refractivity contribution in [2.75, 3.05) is 19.6 Å². The molecule has 2 rings (SSSR count). The van der Waals surface area contributed by atoms with Crippen LogP contribution in [0.1, 0.15) is 44.9 Å². The fourth-order valence-corrected chi connectivity index (χ4v) is 2.89. The normalized spacial score (nSPS) is 20.6. The molecule has 0 spiro atoms. The molecule has 5 nitrogen and oxygen atoms in total. The van der Waals surface area contributed by atoms with E-state index in [1.165, 1.54) is 0 Å². The number of rotatable bonds is 5. The molecular formula is C16H28N4O. The lowest BCUT2D eigenvalue weighted by atomic mass is 10.1. The summed E-state index contributed by atoms with van der Waals surface area (Å²) in [6.45, 7) is 13.8. The summed E-state index contributed by atoms with van der Waals surface area (Å²) in [6.07, 6.45) is 0.914. The summed E-state index contributed by atoms with van der Waals surface area (Å²) in [5.41, 5.74) is 2.19. The predicted octanol–water partition coefficient (Wildman–Crippen LogP) is 1.97. The van der Waals surface area contributed by atoms with Crippen LogP contribution < -0.4 is 0 Å². The molecule has 0 radical (unpaired) electrons. The average Bonchev–Trinajstić information content (AvgIpc) is 2.78. The Balaban J connectivity index is 2.02. The van der Waals surface area contributed by atoms with Gasteiger partial charge in [0.1, 0.15) is 5.82 Å². The van der Waals surface area contributed by atoms with Crippen LogP contribution in [0.25, 0.3) is 0 Å². The van der Waals surface area contributed by atoms with Gasteiger partial charge in [-0.25, -0.2) is 4.98 Å². The van der Waals surface area contributed by atoms with Gasteiger partial charge in [0.05, 0.1) is 11.7 Å². The van der Waals surface area contributed by atoms with Gasteiger partial charge < -0.3 is 9.88 Å². The highest BCUT2D eigenvalue weighted by Gasteiger charge is 2.32. The first-order valence-corrected chi connectivity index (χ1v) is 7.99. The zero-order valence-corrected chi connectivity index (χ0v) is 13.9. The molecule has 0 aromatic carbocycles. The van der Waals surface area contributed by atoms with Gasteiger partial charge in [0.15, 0.2) is 0 Å². The Morgan fingerprint density at radius 3 is 2.67 bits per heavy atom. The third kappa shape index (κ3) is 3.64. The van der Waals surface area contributed by atoms with Gasteiger partial charge in [0.2, 0.25) is 5.91 Å². The van der Waals surface area contributed by atoms with E-state index in [1.807, 2.05) is 11.8 Å². The number of carbonyl (C=O) groups is 1. The molecule has 1 N–H and O–H groups in total. The number of hydrogen-bond donors (Lipinski definition) is 1. The van der Waals surface area contributed by atoms with E-state index >= 15 is 0 Å². The molecule has 1 atom stereocenters. The maximum Gasteiger partial charge on any atom is 0.239 e. The van der Waals surface area contributed by atoms with Gasteiger partial charge in [-0.15, -0.1) is 0 Å². The molecule has 2 heterocycles. The largest absolute Gasteiger partial charge is 0.346 e. The van der Waals surface area contributed by atoms with Crippen molar-refractivity contribution in [1.82, 2.24) is 19.8 Å². The first-order chi connectivity index (χ1) is 9.92. The van der Waals surface area contributed by atoms with Gasteiger partial charge in [-0.05, 0) is 19.8 Å². The van der Waals surface area contributed by atoms with Crippen LogP contribution in [0.15, 0.2) is 0 Å². The summed E-state index contributed by atoms with van der Waals surface area (Å²) >= 11 is 0. The van der Waals surface area contributed by atoms with E-state index in [0.717, 1.165) is 49.8 Å². The molecule has 1 aliphatic rings. The molecular weight excluding hydrogens is 264 g/mol. The van der Waals surface area contributed by atoms with Gasteiger partial charge >= 0.3 is 0 Å². The molecule has 5 heteroatoms. The van der Waals surface area contributed by atoms with Crippen molar-refractivity contribution in [3.05, 3.63) is 17.2 Å². The van der Waals surface area contributed by atoms with Crippen molar-refractivity contribution in [3.8, 4) is 0 Å². The van der Waals surface area contributed by atoms with Crippen molar-refractivity contribution in [1.29, 1.82) is 0 Å². The van der Waals surface area contributed by atoms with E-state index < -0.39 is 0 Å². The van der Waals surface area contributed by atoms with Crippen molar-refractivity contribution >= 4 is 5.91 Å². The lowest BCUT2D eigenvalue weighted by Crippen LogP contribution is -2.56. The molecule has 1 saturated heterocycles. The Kier molecular flexibility index (Phi) is 5.04. The zero-order chi connectivity index (χ0) is 15.6. The Hall–Kier alpha value is -1.36. The topological polar surface area (TPSA) is 52.2 Å². The standard InChI is InChI=1S/C16H28N4O/c1-6-15-17-12(4)14(18-15)10-19-7-8-20(9-11(2)3)16(21)13(19)5/h11,13H,6-10H2,1-5H3,(H,17,18)/t13-/m0/s1. The van der Waals surface area contributed by atoms with Crippen LogP contribution in [0.3, 0.4) is 0 Å². The summed E-state index contributed by atoms with van der Waals surface area (Å²) in [7, 11) is 0. The van der Waals surface area contributed by atoms with Crippen LogP contribution >= 0.6 is 0 Å². The second-order valence-electron chi connectivity index (χ2n) is 6.43. The minimum absolute atomic E-state index is 0.0568. The maximum absolute atomic E-state index is 12.5. The summed E-state index contributed by atoms with van der Waals surface area (Å²) in [4.78, 5) is 24.6. The molecule has 0 bridgehead atoms. The summed E-state index contributed by atoms with van der Waals surface area (Å²) in [5.74, 6) is 1.80. The molecule has 21 heavy (non-hydrogen) atoms. The third-order valence-corrected chi connectivity index (χ3v) is 4.18. The van der Waals surface area contributed by atoms with Crippen molar-refractivity contribution in [2.45, 2.75) is 53.6 Å². The molecule has 1 aromatic heterocycles. The number of piperazine rings is 1. The van der Waals surface area contributed by atoms with Crippen molar-refractivity contribution in [2.24, 2.45) is 5.92 Å². The Morgan fingerprint density at radius 1 is 1.38 bits per heavy atom. The number of aryl methyl sites for hydroxylation is 2. The Bertz CT molecular complexity index is 494. The monoisotopic (exact) mass is 292 g/mol. The van der Waals surface area contributed by atoms with Crippen molar-refractivity contribution in [3.63, 3.8) is 0 Å². The van der Waals surface area contributed by atoms with E-state index in [-0.39, 0.29) is 11.9 Å². The van der Waals surface area contributed by atoms with E-state index in [1.54, 1.807) is 0 Å². The molecule has 118 valence electrons. The number of aromatic amines is 1. The van der Waals surface area contributed by atoms with E-state index in [2.05, 4.69) is 42.6 Å². The van der Waals surface area contributed by atoms with Gasteiger partial charge in [0, 0.05) is 38.3 Å². The molecule has 1 amide bonds. The van der Waals surface area contributed by atoms with Crippen molar-refractivity contribution < 1.29 is 4.79 Å². The lowest BCUT2D eigenvalue weighted by molar-refractivity contribution is -0.142. The molecule has 0 saturated carbocycles. The molecule has 0 aliphatic carbocycles. The number of nitrogens with zero attached hydrogens (tertiary/aromatic N) is 3. The molecule has 1 aliphatic heterocycles. The van der Waals surface area contributed by atoms with Crippen LogP contribution in [0.2, 0.25) is 0 Å². The average molecular weight is 292 g/mol. The summed E-state index contributed by atoms with van der Waals surface area (Å²) in [5, 5.41) is 0. The summed E-state index contributed by atoms with van der Waals surface area (Å²) in [6, 6.07) is -0.0568. The fourth-order valence-electron chi connectivity index (χ4n) is 2.89. The number of amides is 1. The van der Waals surface area contributed by atoms with Crippen LogP contribution in [-0.2, 0) is 17.8 Å². The van der Waals surface area contributed by atoms with Gasteiger partial charge in [-0.2, -0.15) is 0 Å². The van der Waals surface area contributed by atoms with Gasteiger partial charge in [-0.1, -0.05) is 20.8 Å². The Labute approximate surface area is 127 Å². The summed E-state index contributed by atoms with van der Waals surface area (Å²) < 4.78 is 0. The first kappa shape index (κ1) is 16.0. The number of nitrogens with one attached hydrogen (secondary N) is 1. The smallest absolute Gasteiger partial charge is 0.239 e. The number of H-pyrrole nitrogens is 1. The maximum atomic E-state index is 12.5. The third-order valence-electron chi connectivity index (χ3n) is 4.18. The van der Waals surface area contributed by atoms with E-state index in [4.69, 9.17) is 0 Å². The highest BCUT2D eigenvalue weighted by atomic mass is 16.2. The first-order valence-electron chi connectivity index (χ1n) is 7.99. The Morgan fingerprint density at radius 2 is 2.10 bits per heavy atom. The van der Waals surface area contributed by atoms with Gasteiger partial charge in [0.25, 0.3) is 0 Å². The van der Waals surface area contributed by atoms with E-state index in [0.29, 0.717) is 5.92 Å². The quantitative estimate of drug-likeness (QED) is 0.902. The molecule has 1 fully saturated rings. The van der Waals surface area contributed by atoms with Crippen LogP contribution in [0.4, 0.5) is 0 Å². The van der Waals surface area contributed by atoms with Crippen LogP contribution in [0, 0.1) is 12.8 Å². The number of carbonyl (C=O) groups excluding carboxylic acids is 1. The SMILES string of the molecule is CCc1nc(CN2CCN(CC(C)C)C(=O)[C@@H]2C)c(C)[nH]1. The van der Waals surface area contributed by atoms with Gasteiger partial charge in [-0.3, -0.25) is 9.69 Å². The van der Waals surface area contributed by atoms with E-state index in [9.17, 15) is 4.79 Å². The highest BCUT2D eigenvalue weighted by molar-refractivity contribution is 5.82. The number of imidazole rings is 1. The molecule has 0 unspecified atom stereocenters. The highest BCUT2D eigenvalue weighted by Crippen LogP contribution is 2.17. The number of aromatic nitrogens is 2. The lowest BCUT2D eigenvalue weighted by Gasteiger charge is -2.39. The minimum Gasteiger partial charge on any atom is -0.346 e. The van der Waals surface area contributed by atoms with Crippen LogP contribution in [0.5, 0.6) is 0 Å². The second kappa shape index (κ2) is 6.60. The predicted molar refractivity (Wildman–Crippen MR) is 84.0 cm³/mol. The zero-order valence-electron chi connectivity index (χ0n) is 13.9. The number of hydrogen-bond acceptors (Lipinski definition) is 3. The minimum atomic E-state index is -0.0568. The molecule has 1 aromatic rings. The van der Waals surface area contributed by atoms with Crippen LogP contribution in [-0.4, -0.2) is 51.4 Å².